The smallest absolute Gasteiger partial charge is 0.318 e. The molecule has 12 nitrogen and oxygen atoms in total. The first-order valence-electron chi connectivity index (χ1n) is 14.3. The van der Waals surface area contributed by atoms with Crippen LogP contribution in [0.1, 0.15) is 49.4 Å². The van der Waals surface area contributed by atoms with Crippen LogP contribution < -0.4 is 14.8 Å². The Kier molecular flexibility index (Phi) is 13.0. The number of pyridine rings is 1. The third kappa shape index (κ3) is 10.0. The minimum absolute atomic E-state index is 0.0196. The van der Waals surface area contributed by atoms with Gasteiger partial charge < -0.3 is 10.4 Å². The summed E-state index contributed by atoms with van der Waals surface area (Å²) in [5, 5.41) is 11.5. The van der Waals surface area contributed by atoms with Crippen molar-refractivity contribution < 1.29 is 31.5 Å². The van der Waals surface area contributed by atoms with Gasteiger partial charge in [-0.25, -0.2) is 13.1 Å². The van der Waals surface area contributed by atoms with E-state index in [1.54, 1.807) is 32.2 Å². The number of sulfonamides is 1. The Bertz CT molecular complexity index is 1720. The minimum atomic E-state index is -4.06. The average Bonchev–Trinajstić information content (AvgIpc) is 3.01. The molecule has 0 radical (unpaired) electrons. The highest BCUT2D eigenvalue weighted by Crippen LogP contribution is 2.33. The maximum Gasteiger partial charge on any atom is 0.318 e. The van der Waals surface area contributed by atoms with E-state index in [-0.39, 0.29) is 37.4 Å². The molecule has 45 heavy (non-hydrogen) atoms. The summed E-state index contributed by atoms with van der Waals surface area (Å²) >= 11 is 6.29. The summed E-state index contributed by atoms with van der Waals surface area (Å²) in [6, 6.07) is 13.7. The highest BCUT2D eigenvalue weighted by Gasteiger charge is 2.31. The van der Waals surface area contributed by atoms with Crippen LogP contribution >= 0.6 is 11.6 Å². The van der Waals surface area contributed by atoms with Crippen molar-refractivity contribution in [1.29, 1.82) is 0 Å². The first-order chi connectivity index (χ1) is 21.3. The number of carbonyl (C=O) groups is 2. The van der Waals surface area contributed by atoms with E-state index in [0.29, 0.717) is 10.6 Å². The monoisotopic (exact) mass is 679 g/mol. The number of aromatic nitrogens is 1. The highest BCUT2D eigenvalue weighted by molar-refractivity contribution is 7.89. The van der Waals surface area contributed by atoms with Crippen LogP contribution in [0.5, 0.6) is 0 Å². The normalized spacial score (nSPS) is 12.6. The van der Waals surface area contributed by atoms with Crippen LogP contribution in [-0.2, 0) is 36.2 Å². The molecular weight excluding hydrogens is 642 g/mol. The van der Waals surface area contributed by atoms with Crippen LogP contribution in [0.4, 0.5) is 0 Å². The summed E-state index contributed by atoms with van der Waals surface area (Å²) in [6.07, 6.45) is 4.49. The number of aryl methyl sites for hydroxylation is 1. The van der Waals surface area contributed by atoms with Crippen LogP contribution in [-0.4, -0.2) is 69.3 Å². The fourth-order valence-electron chi connectivity index (χ4n) is 4.72. The standard InChI is InChI=1S/C30H38ClN5O7S2/c1-4-23-19-32-14-13-26(23)25-9-5-8-24(18-25)22(3)36(44(40,41)28-11-6-10-27(31)21(28)2)17-7-12-29(37)33-15-16-34-45(42,43)35-20-30(38)39/h5-6,8-11,13-14,18-19,22,34-35H,4,7,12,15-17,20H2,1-3H3,(H,33,37)(H,38,39). The van der Waals surface area contributed by atoms with Crippen molar-refractivity contribution in [3.05, 3.63) is 82.6 Å². The summed E-state index contributed by atoms with van der Waals surface area (Å²) in [4.78, 5) is 27.4. The lowest BCUT2D eigenvalue weighted by Crippen LogP contribution is -2.42. The van der Waals surface area contributed by atoms with Gasteiger partial charge in [-0.05, 0) is 78.8 Å². The molecule has 1 amide bonds. The lowest BCUT2D eigenvalue weighted by Gasteiger charge is -2.30. The van der Waals surface area contributed by atoms with E-state index in [2.05, 4.69) is 15.0 Å². The van der Waals surface area contributed by atoms with Crippen molar-refractivity contribution in [3.8, 4) is 11.1 Å². The molecule has 0 saturated heterocycles. The van der Waals surface area contributed by atoms with Crippen molar-refractivity contribution in [1.82, 2.24) is 24.1 Å². The molecule has 0 aliphatic heterocycles. The van der Waals surface area contributed by atoms with Crippen molar-refractivity contribution in [2.45, 2.75) is 51.0 Å². The Morgan fingerprint density at radius 3 is 2.49 bits per heavy atom. The molecular formula is C30H38ClN5O7S2. The minimum Gasteiger partial charge on any atom is -0.480 e. The molecule has 4 N–H and O–H groups in total. The fraction of sp³-hybridized carbons (Fsp3) is 0.367. The van der Waals surface area contributed by atoms with E-state index in [4.69, 9.17) is 16.7 Å². The van der Waals surface area contributed by atoms with Gasteiger partial charge in [0.05, 0.1) is 4.90 Å². The van der Waals surface area contributed by atoms with Crippen molar-refractivity contribution in [3.63, 3.8) is 0 Å². The van der Waals surface area contributed by atoms with Gasteiger partial charge in [-0.2, -0.15) is 17.4 Å². The number of hydrogen-bond donors (Lipinski definition) is 4. The number of nitrogens with zero attached hydrogens (tertiary/aromatic N) is 2. The van der Waals surface area contributed by atoms with Gasteiger partial charge >= 0.3 is 5.97 Å². The number of carbonyl (C=O) groups excluding carboxylic acids is 1. The lowest BCUT2D eigenvalue weighted by atomic mass is 9.97. The van der Waals surface area contributed by atoms with Crippen molar-refractivity contribution in [2.75, 3.05) is 26.2 Å². The van der Waals surface area contributed by atoms with E-state index in [9.17, 15) is 26.4 Å². The first-order valence-corrected chi connectivity index (χ1v) is 17.6. The highest BCUT2D eigenvalue weighted by atomic mass is 35.5. The summed E-state index contributed by atoms with van der Waals surface area (Å²) in [5.41, 5.74) is 4.20. The van der Waals surface area contributed by atoms with Gasteiger partial charge in [-0.15, -0.1) is 0 Å². The molecule has 3 rings (SSSR count). The van der Waals surface area contributed by atoms with E-state index in [1.165, 1.54) is 10.4 Å². The molecule has 0 bridgehead atoms. The SMILES string of the molecule is CCc1cnccc1-c1cccc(C(C)N(CCCC(=O)NCCNS(=O)(=O)NCC(=O)O)S(=O)(=O)c2cccc(Cl)c2C)c1. The number of carboxylic acids is 1. The predicted molar refractivity (Wildman–Crippen MR) is 172 cm³/mol. The Morgan fingerprint density at radius 1 is 1.04 bits per heavy atom. The zero-order chi connectivity index (χ0) is 33.2. The molecule has 244 valence electrons. The summed E-state index contributed by atoms with van der Waals surface area (Å²) in [7, 11) is -8.09. The van der Waals surface area contributed by atoms with Gasteiger partial charge in [0.2, 0.25) is 15.9 Å². The van der Waals surface area contributed by atoms with Crippen LogP contribution in [0.25, 0.3) is 11.1 Å². The van der Waals surface area contributed by atoms with Gasteiger partial charge in [0.15, 0.2) is 0 Å². The molecule has 15 heteroatoms. The second-order valence-corrected chi connectivity index (χ2v) is 14.1. The molecule has 2 aromatic carbocycles. The number of benzene rings is 2. The predicted octanol–water partition coefficient (Wildman–Crippen LogP) is 3.43. The van der Waals surface area contributed by atoms with Crippen LogP contribution in [0.3, 0.4) is 0 Å². The lowest BCUT2D eigenvalue weighted by molar-refractivity contribution is -0.135. The first kappa shape index (κ1) is 36.1. The van der Waals surface area contributed by atoms with E-state index >= 15 is 0 Å². The van der Waals surface area contributed by atoms with Crippen LogP contribution in [0.15, 0.2) is 65.8 Å². The Morgan fingerprint density at radius 2 is 1.78 bits per heavy atom. The third-order valence-corrected chi connectivity index (χ3v) is 10.8. The maximum absolute atomic E-state index is 14.1. The Labute approximate surface area is 269 Å². The second kappa shape index (κ2) is 16.2. The zero-order valence-electron chi connectivity index (χ0n) is 25.3. The van der Waals surface area contributed by atoms with E-state index in [0.717, 1.165) is 28.7 Å². The Hall–Kier alpha value is -3.40. The Balaban J connectivity index is 1.77. The van der Waals surface area contributed by atoms with Crippen LogP contribution in [0, 0.1) is 6.92 Å². The van der Waals surface area contributed by atoms with Crippen molar-refractivity contribution in [2.24, 2.45) is 0 Å². The van der Waals surface area contributed by atoms with Gasteiger partial charge in [-0.3, -0.25) is 14.6 Å². The maximum atomic E-state index is 14.1. The average molecular weight is 680 g/mol. The molecule has 0 aliphatic carbocycles. The summed E-state index contributed by atoms with van der Waals surface area (Å²) in [5.74, 6) is -1.74. The molecule has 1 unspecified atom stereocenters. The number of amides is 1. The van der Waals surface area contributed by atoms with Crippen LogP contribution in [0.2, 0.25) is 5.02 Å². The molecule has 1 aromatic heterocycles. The molecule has 3 aromatic rings. The van der Waals surface area contributed by atoms with Gasteiger partial charge in [0.25, 0.3) is 10.2 Å². The number of halogens is 1. The van der Waals surface area contributed by atoms with E-state index < -0.39 is 44.7 Å². The molecule has 1 heterocycles. The van der Waals surface area contributed by atoms with Crippen molar-refractivity contribution >= 4 is 43.7 Å². The van der Waals surface area contributed by atoms with Gasteiger partial charge in [-0.1, -0.05) is 42.8 Å². The molecule has 0 fully saturated rings. The molecule has 0 spiro atoms. The van der Waals surface area contributed by atoms with E-state index in [1.807, 2.05) is 48.2 Å². The second-order valence-electron chi connectivity index (χ2n) is 10.2. The van der Waals surface area contributed by atoms with Gasteiger partial charge in [0.1, 0.15) is 6.54 Å². The number of carboxylic acid groups (broad SMARTS) is 1. The summed E-state index contributed by atoms with van der Waals surface area (Å²) in [6.45, 7) is 4.52. The molecule has 1 atom stereocenters. The number of aliphatic carboxylic acids is 1. The van der Waals surface area contributed by atoms with Gasteiger partial charge in [0, 0.05) is 49.5 Å². The fourth-order valence-corrected chi connectivity index (χ4v) is 7.64. The topological polar surface area (TPSA) is 175 Å². The molecule has 0 saturated carbocycles. The third-order valence-electron chi connectivity index (χ3n) is 7.14. The zero-order valence-corrected chi connectivity index (χ0v) is 27.7. The number of rotatable bonds is 17. The largest absolute Gasteiger partial charge is 0.480 e. The number of nitrogens with one attached hydrogen (secondary N) is 3. The number of hydrogen-bond acceptors (Lipinski definition) is 7. The molecule has 0 aliphatic rings. The quantitative estimate of drug-likeness (QED) is 0.157. The summed E-state index contributed by atoms with van der Waals surface area (Å²) < 4.78 is 57.0.